The molecule has 0 radical (unpaired) electrons. The summed E-state index contributed by atoms with van der Waals surface area (Å²) in [5, 5.41) is 0.723. The fourth-order valence-electron chi connectivity index (χ4n) is 4.29. The van der Waals surface area contributed by atoms with Gasteiger partial charge in [0.05, 0.1) is 18.8 Å². The molecular weight excluding hydrogens is 398 g/mol. The van der Waals surface area contributed by atoms with Crippen LogP contribution in [0.4, 0.5) is 0 Å². The zero-order valence-electron chi connectivity index (χ0n) is 17.5. The lowest BCUT2D eigenvalue weighted by Crippen LogP contribution is -2.55. The van der Waals surface area contributed by atoms with Gasteiger partial charge >= 0.3 is 0 Å². The second kappa shape index (κ2) is 9.92. The van der Waals surface area contributed by atoms with Crippen LogP contribution in [0, 0.1) is 0 Å². The van der Waals surface area contributed by atoms with Crippen LogP contribution in [0.25, 0.3) is 0 Å². The summed E-state index contributed by atoms with van der Waals surface area (Å²) in [6, 6.07) is 18.2. The third kappa shape index (κ3) is 5.22. The number of amides is 1. The lowest BCUT2D eigenvalue weighted by molar-refractivity contribution is -0.141. The molecule has 2 aliphatic rings. The molecule has 1 amide bonds. The van der Waals surface area contributed by atoms with Crippen LogP contribution in [-0.4, -0.2) is 72.5 Å². The van der Waals surface area contributed by atoms with Crippen LogP contribution in [-0.2, 0) is 16.1 Å². The molecule has 2 aromatic rings. The van der Waals surface area contributed by atoms with Crippen molar-refractivity contribution in [3.63, 3.8) is 0 Å². The molecule has 0 aromatic heterocycles. The summed E-state index contributed by atoms with van der Waals surface area (Å²) < 4.78 is 5.96. The minimum atomic E-state index is -0.135. The minimum Gasteiger partial charge on any atom is -0.371 e. The first-order valence-corrected chi connectivity index (χ1v) is 11.1. The van der Waals surface area contributed by atoms with Crippen molar-refractivity contribution in [3.05, 3.63) is 70.7 Å². The first-order chi connectivity index (χ1) is 14.6. The third-order valence-corrected chi connectivity index (χ3v) is 6.43. The van der Waals surface area contributed by atoms with Crippen molar-refractivity contribution in [2.45, 2.75) is 25.6 Å². The van der Waals surface area contributed by atoms with Crippen LogP contribution in [0.2, 0.25) is 5.02 Å². The molecule has 0 spiro atoms. The molecule has 0 aliphatic carbocycles. The van der Waals surface area contributed by atoms with Crippen molar-refractivity contribution in [2.75, 3.05) is 45.9 Å². The predicted molar refractivity (Wildman–Crippen MR) is 119 cm³/mol. The van der Waals surface area contributed by atoms with Crippen molar-refractivity contribution in [1.29, 1.82) is 0 Å². The van der Waals surface area contributed by atoms with E-state index in [4.69, 9.17) is 16.3 Å². The van der Waals surface area contributed by atoms with Gasteiger partial charge in [-0.3, -0.25) is 14.6 Å². The number of hydrogen-bond donors (Lipinski definition) is 0. The zero-order valence-corrected chi connectivity index (χ0v) is 18.3. The fraction of sp³-hybridized carbons (Fsp3) is 0.458. The van der Waals surface area contributed by atoms with Gasteiger partial charge in [-0.25, -0.2) is 0 Å². The molecule has 2 aliphatic heterocycles. The number of halogens is 1. The predicted octanol–water partition coefficient (Wildman–Crippen LogP) is 3.45. The van der Waals surface area contributed by atoms with Gasteiger partial charge in [-0.1, -0.05) is 54.1 Å². The number of nitrogens with zero attached hydrogens (tertiary/aromatic N) is 3. The Labute approximate surface area is 184 Å². The maximum atomic E-state index is 13.2. The number of carbonyl (C=O) groups excluding carboxylic acids is 1. The minimum absolute atomic E-state index is 0.0195. The normalized spacial score (nSPS) is 22.1. The van der Waals surface area contributed by atoms with Crippen molar-refractivity contribution < 1.29 is 9.53 Å². The summed E-state index contributed by atoms with van der Waals surface area (Å²) in [6.45, 7) is 8.55. The molecule has 0 saturated carbocycles. The number of rotatable bonds is 5. The van der Waals surface area contributed by atoms with Gasteiger partial charge in [-0.15, -0.1) is 0 Å². The molecule has 30 heavy (non-hydrogen) atoms. The molecule has 5 nitrogen and oxygen atoms in total. The number of morpholine rings is 1. The van der Waals surface area contributed by atoms with Crippen LogP contribution >= 0.6 is 11.6 Å². The summed E-state index contributed by atoms with van der Waals surface area (Å²) in [4.78, 5) is 19.9. The maximum Gasteiger partial charge on any atom is 0.239 e. The number of hydrogen-bond acceptors (Lipinski definition) is 4. The molecule has 4 rings (SSSR count). The Balaban J connectivity index is 1.29. The van der Waals surface area contributed by atoms with Gasteiger partial charge in [0.25, 0.3) is 0 Å². The first-order valence-electron chi connectivity index (χ1n) is 10.8. The Morgan fingerprint density at radius 3 is 2.43 bits per heavy atom. The lowest BCUT2D eigenvalue weighted by Gasteiger charge is -2.40. The largest absolute Gasteiger partial charge is 0.371 e. The number of ether oxygens (including phenoxy) is 1. The second-order valence-corrected chi connectivity index (χ2v) is 8.61. The fourth-order valence-corrected chi connectivity index (χ4v) is 4.41. The quantitative estimate of drug-likeness (QED) is 0.732. The number of benzene rings is 2. The molecule has 6 heteroatoms. The Kier molecular flexibility index (Phi) is 7.05. The molecule has 2 fully saturated rings. The molecule has 0 N–H and O–H groups in total. The molecule has 0 bridgehead atoms. The van der Waals surface area contributed by atoms with E-state index in [1.54, 1.807) is 0 Å². The number of piperazine rings is 1. The van der Waals surface area contributed by atoms with Gasteiger partial charge in [-0.05, 0) is 30.2 Å². The highest BCUT2D eigenvalue weighted by Gasteiger charge is 2.32. The van der Waals surface area contributed by atoms with Gasteiger partial charge in [0.1, 0.15) is 0 Å². The van der Waals surface area contributed by atoms with Crippen molar-refractivity contribution >= 4 is 17.5 Å². The molecule has 2 aromatic carbocycles. The zero-order chi connectivity index (χ0) is 20.9. The molecule has 160 valence electrons. The van der Waals surface area contributed by atoms with Crippen LogP contribution in [0.15, 0.2) is 54.6 Å². The van der Waals surface area contributed by atoms with Crippen molar-refractivity contribution in [2.24, 2.45) is 0 Å². The molecule has 2 saturated heterocycles. The Bertz CT molecular complexity index is 822. The van der Waals surface area contributed by atoms with E-state index in [-0.39, 0.29) is 18.1 Å². The van der Waals surface area contributed by atoms with E-state index >= 15 is 0 Å². The molecule has 2 unspecified atom stereocenters. The maximum absolute atomic E-state index is 13.2. The average molecular weight is 428 g/mol. The van der Waals surface area contributed by atoms with E-state index in [1.807, 2.05) is 42.2 Å². The molecule has 2 atom stereocenters. The van der Waals surface area contributed by atoms with Crippen LogP contribution in [0.3, 0.4) is 0 Å². The summed E-state index contributed by atoms with van der Waals surface area (Å²) in [5.41, 5.74) is 2.44. The highest BCUT2D eigenvalue weighted by Crippen LogP contribution is 2.25. The highest BCUT2D eigenvalue weighted by atomic mass is 35.5. The SMILES string of the molecule is CC(C(=O)N1CCN(Cc2ccccc2)CC1)N1CCOC(c2ccc(Cl)cc2)C1. The van der Waals surface area contributed by atoms with Gasteiger partial charge in [0.15, 0.2) is 0 Å². The summed E-state index contributed by atoms with van der Waals surface area (Å²) in [7, 11) is 0. The molecule has 2 heterocycles. The van der Waals surface area contributed by atoms with E-state index in [0.717, 1.165) is 56.4 Å². The third-order valence-electron chi connectivity index (χ3n) is 6.18. The van der Waals surface area contributed by atoms with E-state index < -0.39 is 0 Å². The Morgan fingerprint density at radius 2 is 1.73 bits per heavy atom. The van der Waals surface area contributed by atoms with Crippen molar-refractivity contribution in [3.8, 4) is 0 Å². The Hall–Kier alpha value is -1.92. The first kappa shape index (κ1) is 21.3. The van der Waals surface area contributed by atoms with Gasteiger partial charge in [0.2, 0.25) is 5.91 Å². The van der Waals surface area contributed by atoms with Crippen LogP contribution < -0.4 is 0 Å². The average Bonchev–Trinajstić information content (AvgIpc) is 2.80. The smallest absolute Gasteiger partial charge is 0.239 e. The van der Waals surface area contributed by atoms with E-state index in [2.05, 4.69) is 34.1 Å². The van der Waals surface area contributed by atoms with Gasteiger partial charge < -0.3 is 9.64 Å². The van der Waals surface area contributed by atoms with E-state index in [0.29, 0.717) is 6.61 Å². The number of carbonyl (C=O) groups is 1. The topological polar surface area (TPSA) is 36.0 Å². The standard InChI is InChI=1S/C24H30ClN3O2/c1-19(28-15-16-30-23(18-28)21-7-9-22(25)10-8-21)24(29)27-13-11-26(12-14-27)17-20-5-3-2-4-6-20/h2-10,19,23H,11-18H2,1H3. The van der Waals surface area contributed by atoms with Crippen LogP contribution in [0.5, 0.6) is 0 Å². The van der Waals surface area contributed by atoms with E-state index in [1.165, 1.54) is 5.56 Å². The second-order valence-electron chi connectivity index (χ2n) is 8.17. The van der Waals surface area contributed by atoms with Gasteiger partial charge in [-0.2, -0.15) is 0 Å². The summed E-state index contributed by atoms with van der Waals surface area (Å²) in [6.07, 6.45) is -0.0195. The lowest BCUT2D eigenvalue weighted by atomic mass is 10.1. The molecular formula is C24H30ClN3O2. The van der Waals surface area contributed by atoms with Gasteiger partial charge in [0, 0.05) is 50.8 Å². The Morgan fingerprint density at radius 1 is 1.03 bits per heavy atom. The monoisotopic (exact) mass is 427 g/mol. The van der Waals surface area contributed by atoms with E-state index in [9.17, 15) is 4.79 Å². The van der Waals surface area contributed by atoms with Crippen LogP contribution in [0.1, 0.15) is 24.2 Å². The highest BCUT2D eigenvalue weighted by molar-refractivity contribution is 6.30. The van der Waals surface area contributed by atoms with Crippen molar-refractivity contribution in [1.82, 2.24) is 14.7 Å². The summed E-state index contributed by atoms with van der Waals surface area (Å²) in [5.74, 6) is 0.228. The summed E-state index contributed by atoms with van der Waals surface area (Å²) >= 11 is 6.01.